The summed E-state index contributed by atoms with van der Waals surface area (Å²) in [5.74, 6) is 1.70. The smallest absolute Gasteiger partial charge is 0.262 e. The first-order valence-electron chi connectivity index (χ1n) is 7.72. The van der Waals surface area contributed by atoms with E-state index in [0.29, 0.717) is 29.5 Å². The fourth-order valence-electron chi connectivity index (χ4n) is 2.92. The quantitative estimate of drug-likeness (QED) is 0.857. The van der Waals surface area contributed by atoms with E-state index in [9.17, 15) is 4.79 Å². The van der Waals surface area contributed by atoms with Gasteiger partial charge in [0.1, 0.15) is 11.5 Å². The molecule has 1 aliphatic heterocycles. The van der Waals surface area contributed by atoms with Crippen molar-refractivity contribution < 1.29 is 14.3 Å². The van der Waals surface area contributed by atoms with E-state index in [1.165, 1.54) is 5.56 Å². The van der Waals surface area contributed by atoms with E-state index in [0.717, 1.165) is 11.3 Å². The summed E-state index contributed by atoms with van der Waals surface area (Å²) >= 11 is 0. The van der Waals surface area contributed by atoms with Gasteiger partial charge in [0.25, 0.3) is 5.91 Å². The van der Waals surface area contributed by atoms with E-state index < -0.39 is 0 Å². The maximum absolute atomic E-state index is 12.8. The van der Waals surface area contributed by atoms with Crippen LogP contribution >= 0.6 is 0 Å². The van der Waals surface area contributed by atoms with Gasteiger partial charge in [-0.3, -0.25) is 4.79 Å². The third-order valence-corrected chi connectivity index (χ3v) is 4.27. The number of methoxy groups -OCH3 is 2. The topological polar surface area (TPSA) is 38.8 Å². The summed E-state index contributed by atoms with van der Waals surface area (Å²) in [7, 11) is 3.18. The lowest BCUT2D eigenvalue weighted by molar-refractivity contribution is 0.0994. The minimum Gasteiger partial charge on any atom is -0.497 e. The fraction of sp³-hybridized carbons (Fsp3) is 0.316. The van der Waals surface area contributed by atoms with Gasteiger partial charge in [-0.25, -0.2) is 0 Å². The van der Waals surface area contributed by atoms with Crippen LogP contribution in [0.3, 0.4) is 0 Å². The van der Waals surface area contributed by atoms with Gasteiger partial charge in [0.05, 0.1) is 26.3 Å². The van der Waals surface area contributed by atoms with Crippen molar-refractivity contribution >= 4 is 11.6 Å². The number of amides is 1. The molecule has 2 aromatic carbocycles. The van der Waals surface area contributed by atoms with Crippen molar-refractivity contribution in [2.24, 2.45) is 0 Å². The van der Waals surface area contributed by atoms with Gasteiger partial charge < -0.3 is 14.4 Å². The van der Waals surface area contributed by atoms with Crippen molar-refractivity contribution in [1.82, 2.24) is 0 Å². The molecule has 1 heterocycles. The minimum absolute atomic E-state index is 0.0307. The number of hydrogen-bond acceptors (Lipinski definition) is 3. The number of fused-ring (bicyclic) bond motifs is 1. The van der Waals surface area contributed by atoms with Crippen LogP contribution in [0.5, 0.6) is 11.5 Å². The van der Waals surface area contributed by atoms with Crippen molar-refractivity contribution in [3.8, 4) is 11.5 Å². The molecule has 4 heteroatoms. The molecular weight excluding hydrogens is 290 g/mol. The second kappa shape index (κ2) is 5.95. The molecule has 0 radical (unpaired) electrons. The number of anilines is 1. The number of rotatable bonds is 4. The van der Waals surface area contributed by atoms with E-state index in [1.807, 2.05) is 18.2 Å². The zero-order chi connectivity index (χ0) is 16.6. The Balaban J connectivity index is 1.97. The monoisotopic (exact) mass is 311 g/mol. The molecule has 0 N–H and O–H groups in total. The Kier molecular flexibility index (Phi) is 3.99. The second-order valence-electron chi connectivity index (χ2n) is 6.00. The van der Waals surface area contributed by atoms with Gasteiger partial charge in [-0.15, -0.1) is 0 Å². The minimum atomic E-state index is -0.0307. The van der Waals surface area contributed by atoms with Crippen LogP contribution in [0.15, 0.2) is 36.4 Å². The van der Waals surface area contributed by atoms with Gasteiger partial charge in [0.2, 0.25) is 0 Å². The molecule has 4 nitrogen and oxygen atoms in total. The van der Waals surface area contributed by atoms with E-state index in [-0.39, 0.29) is 5.91 Å². The molecule has 0 aliphatic carbocycles. The van der Waals surface area contributed by atoms with E-state index in [1.54, 1.807) is 25.2 Å². The van der Waals surface area contributed by atoms with Crippen LogP contribution in [0.2, 0.25) is 0 Å². The SMILES string of the molecule is COc1cc2c(c(OC)c1)C(=O)N(c1ccc(C(C)C)cc1)C2. The van der Waals surface area contributed by atoms with Crippen LogP contribution in [-0.2, 0) is 6.54 Å². The maximum Gasteiger partial charge on any atom is 0.262 e. The lowest BCUT2D eigenvalue weighted by atomic mass is 10.0. The summed E-state index contributed by atoms with van der Waals surface area (Å²) < 4.78 is 10.7. The van der Waals surface area contributed by atoms with Gasteiger partial charge in [-0.2, -0.15) is 0 Å². The van der Waals surface area contributed by atoms with E-state index >= 15 is 0 Å². The molecule has 0 aromatic heterocycles. The first-order valence-corrected chi connectivity index (χ1v) is 7.72. The molecule has 2 aromatic rings. The van der Waals surface area contributed by atoms with E-state index in [2.05, 4.69) is 26.0 Å². The molecule has 0 spiro atoms. The molecule has 0 saturated heterocycles. The van der Waals surface area contributed by atoms with Crippen LogP contribution in [0.4, 0.5) is 5.69 Å². The third-order valence-electron chi connectivity index (χ3n) is 4.27. The predicted molar refractivity (Wildman–Crippen MR) is 90.6 cm³/mol. The zero-order valence-electron chi connectivity index (χ0n) is 13.9. The van der Waals surface area contributed by atoms with Gasteiger partial charge in [0.15, 0.2) is 0 Å². The van der Waals surface area contributed by atoms with Crippen molar-refractivity contribution in [3.05, 3.63) is 53.1 Å². The van der Waals surface area contributed by atoms with Gasteiger partial charge in [-0.05, 0) is 35.2 Å². The summed E-state index contributed by atoms with van der Waals surface area (Å²) in [5, 5.41) is 0. The Morgan fingerprint density at radius 2 is 1.74 bits per heavy atom. The Bertz CT molecular complexity index is 735. The number of ether oxygens (including phenoxy) is 2. The number of carbonyl (C=O) groups excluding carboxylic acids is 1. The molecule has 0 saturated carbocycles. The van der Waals surface area contributed by atoms with Crippen LogP contribution < -0.4 is 14.4 Å². The Morgan fingerprint density at radius 3 is 2.30 bits per heavy atom. The van der Waals surface area contributed by atoms with Gasteiger partial charge in [0, 0.05) is 11.8 Å². The van der Waals surface area contributed by atoms with Crippen LogP contribution in [-0.4, -0.2) is 20.1 Å². The first-order chi connectivity index (χ1) is 11.0. The maximum atomic E-state index is 12.8. The summed E-state index contributed by atoms with van der Waals surface area (Å²) in [4.78, 5) is 14.6. The average molecular weight is 311 g/mol. The second-order valence-corrected chi connectivity index (χ2v) is 6.00. The van der Waals surface area contributed by atoms with Crippen molar-refractivity contribution in [2.75, 3.05) is 19.1 Å². The molecular formula is C19H21NO3. The van der Waals surface area contributed by atoms with Crippen LogP contribution in [0.25, 0.3) is 0 Å². The Hall–Kier alpha value is -2.49. The number of benzene rings is 2. The number of carbonyl (C=O) groups is 1. The van der Waals surface area contributed by atoms with Gasteiger partial charge >= 0.3 is 0 Å². The Labute approximate surface area is 136 Å². The van der Waals surface area contributed by atoms with Crippen molar-refractivity contribution in [2.45, 2.75) is 26.3 Å². The summed E-state index contributed by atoms with van der Waals surface area (Å²) in [6.45, 7) is 4.84. The molecule has 0 unspecified atom stereocenters. The molecule has 1 amide bonds. The lowest BCUT2D eigenvalue weighted by Crippen LogP contribution is -2.23. The molecule has 120 valence electrons. The highest BCUT2D eigenvalue weighted by molar-refractivity contribution is 6.12. The highest BCUT2D eigenvalue weighted by atomic mass is 16.5. The third kappa shape index (κ3) is 2.65. The molecule has 1 aliphatic rings. The zero-order valence-corrected chi connectivity index (χ0v) is 13.9. The normalized spacial score (nSPS) is 13.4. The van der Waals surface area contributed by atoms with Crippen LogP contribution in [0.1, 0.15) is 41.3 Å². The highest BCUT2D eigenvalue weighted by Crippen LogP contribution is 2.37. The number of hydrogen-bond donors (Lipinski definition) is 0. The molecule has 0 atom stereocenters. The van der Waals surface area contributed by atoms with Gasteiger partial charge in [-0.1, -0.05) is 26.0 Å². The molecule has 23 heavy (non-hydrogen) atoms. The average Bonchev–Trinajstić information content (AvgIpc) is 2.91. The van der Waals surface area contributed by atoms with Crippen molar-refractivity contribution in [1.29, 1.82) is 0 Å². The molecule has 3 rings (SSSR count). The van der Waals surface area contributed by atoms with Crippen molar-refractivity contribution in [3.63, 3.8) is 0 Å². The predicted octanol–water partition coefficient (Wildman–Crippen LogP) is 3.99. The number of nitrogens with zero attached hydrogens (tertiary/aromatic N) is 1. The fourth-order valence-corrected chi connectivity index (χ4v) is 2.92. The Morgan fingerprint density at radius 1 is 1.04 bits per heavy atom. The summed E-state index contributed by atoms with van der Waals surface area (Å²) in [5.41, 5.74) is 3.72. The van der Waals surface area contributed by atoms with E-state index in [4.69, 9.17) is 9.47 Å². The first kappa shape index (κ1) is 15.4. The van der Waals surface area contributed by atoms with Crippen LogP contribution in [0, 0.1) is 0 Å². The summed E-state index contributed by atoms with van der Waals surface area (Å²) in [6.07, 6.45) is 0. The standard InChI is InChI=1S/C19H21NO3/c1-12(2)13-5-7-15(8-6-13)20-11-14-9-16(22-3)10-17(23-4)18(14)19(20)21/h5-10,12H,11H2,1-4H3. The highest BCUT2D eigenvalue weighted by Gasteiger charge is 2.32. The summed E-state index contributed by atoms with van der Waals surface area (Å²) in [6, 6.07) is 11.8. The molecule has 0 fully saturated rings. The molecule has 0 bridgehead atoms. The lowest BCUT2D eigenvalue weighted by Gasteiger charge is -2.17. The largest absolute Gasteiger partial charge is 0.497 e.